The van der Waals surface area contributed by atoms with Gasteiger partial charge in [0.25, 0.3) is 0 Å². The van der Waals surface area contributed by atoms with Crippen molar-refractivity contribution in [3.05, 3.63) is 5.82 Å². The lowest BCUT2D eigenvalue weighted by Gasteiger charge is -2.48. The molecule has 1 saturated heterocycles. The second kappa shape index (κ2) is 3.29. The third-order valence-electron chi connectivity index (χ3n) is 2.82. The Balaban J connectivity index is 1.84. The number of aliphatic hydroxyl groups is 1. The molecule has 0 unspecified atom stereocenters. The molecule has 0 aliphatic carbocycles. The van der Waals surface area contributed by atoms with Gasteiger partial charge in [0.2, 0.25) is 0 Å². The summed E-state index contributed by atoms with van der Waals surface area (Å²) in [6.45, 7) is 6.11. The van der Waals surface area contributed by atoms with E-state index < -0.39 is 5.60 Å². The summed E-state index contributed by atoms with van der Waals surface area (Å²) in [4.78, 5) is 2.10. The van der Waals surface area contributed by atoms with Gasteiger partial charge in [-0.05, 0) is 5.92 Å². The van der Waals surface area contributed by atoms with Crippen LogP contribution < -0.4 is 0 Å². The van der Waals surface area contributed by atoms with Gasteiger partial charge >= 0.3 is 0 Å². The van der Waals surface area contributed by atoms with Crippen LogP contribution in [0, 0.1) is 5.92 Å². The highest BCUT2D eigenvalue weighted by Gasteiger charge is 2.43. The fraction of sp³-hybridized carbons (Fsp3) is 0.875. The number of H-pyrrole nitrogens is 1. The Bertz CT molecular complexity index is 291. The van der Waals surface area contributed by atoms with Gasteiger partial charge in [-0.2, -0.15) is 5.21 Å². The maximum Gasteiger partial charge on any atom is 0.188 e. The van der Waals surface area contributed by atoms with Crippen molar-refractivity contribution in [3.63, 3.8) is 0 Å². The van der Waals surface area contributed by atoms with E-state index >= 15 is 0 Å². The van der Waals surface area contributed by atoms with Crippen molar-refractivity contribution >= 4 is 0 Å². The van der Waals surface area contributed by atoms with Crippen molar-refractivity contribution in [3.8, 4) is 0 Å². The topological polar surface area (TPSA) is 77.9 Å². The number of hydrogen-bond acceptors (Lipinski definition) is 5. The molecule has 1 aromatic rings. The molecule has 0 bridgehead atoms. The summed E-state index contributed by atoms with van der Waals surface area (Å²) in [6.07, 6.45) is 0. The Morgan fingerprint density at radius 3 is 2.79 bits per heavy atom. The Kier molecular flexibility index (Phi) is 2.24. The molecule has 78 valence electrons. The molecule has 1 fully saturated rings. The van der Waals surface area contributed by atoms with E-state index in [2.05, 4.69) is 25.5 Å². The molecule has 0 atom stereocenters. The molecular formula is C8H15N5O. The third-order valence-corrected chi connectivity index (χ3v) is 2.82. The predicted molar refractivity (Wildman–Crippen MR) is 49.2 cm³/mol. The van der Waals surface area contributed by atoms with Gasteiger partial charge in [0, 0.05) is 13.1 Å². The maximum atomic E-state index is 9.98. The molecule has 14 heavy (non-hydrogen) atoms. The Morgan fingerprint density at radius 2 is 2.29 bits per heavy atom. The monoisotopic (exact) mass is 197 g/mol. The van der Waals surface area contributed by atoms with Gasteiger partial charge in [-0.25, -0.2) is 0 Å². The quantitative estimate of drug-likeness (QED) is 0.676. The lowest BCUT2D eigenvalue weighted by atomic mass is 9.83. The van der Waals surface area contributed by atoms with Crippen LogP contribution in [-0.4, -0.2) is 49.3 Å². The van der Waals surface area contributed by atoms with Crippen molar-refractivity contribution < 1.29 is 5.11 Å². The minimum absolute atomic E-state index is 0.295. The Hall–Kier alpha value is -1.01. The third kappa shape index (κ3) is 1.62. The average Bonchev–Trinajstić information content (AvgIpc) is 2.53. The van der Waals surface area contributed by atoms with Gasteiger partial charge < -0.3 is 5.11 Å². The first kappa shape index (κ1) is 9.54. The van der Waals surface area contributed by atoms with Gasteiger partial charge in [-0.1, -0.05) is 19.1 Å². The van der Waals surface area contributed by atoms with Crippen molar-refractivity contribution in [2.75, 3.05) is 13.1 Å². The van der Waals surface area contributed by atoms with E-state index in [1.165, 1.54) is 0 Å². The second-order valence-corrected chi connectivity index (χ2v) is 4.23. The molecule has 0 amide bonds. The molecule has 0 aromatic carbocycles. The first-order chi connectivity index (χ1) is 6.60. The van der Waals surface area contributed by atoms with E-state index in [-0.39, 0.29) is 0 Å². The highest BCUT2D eigenvalue weighted by atomic mass is 16.3. The van der Waals surface area contributed by atoms with Crippen LogP contribution in [0.5, 0.6) is 0 Å². The number of β-amino-alcohol motifs (C(OH)–C–C–N with tert-alkyl or cyclic N) is 1. The fourth-order valence-electron chi connectivity index (χ4n) is 1.65. The molecule has 2 heterocycles. The van der Waals surface area contributed by atoms with Gasteiger partial charge in [0.15, 0.2) is 5.82 Å². The minimum Gasteiger partial charge on any atom is -0.387 e. The van der Waals surface area contributed by atoms with Gasteiger partial charge in [-0.15, -0.1) is 10.2 Å². The van der Waals surface area contributed by atoms with E-state index in [1.807, 2.05) is 13.8 Å². The zero-order valence-electron chi connectivity index (χ0n) is 8.43. The number of hydrogen-bond donors (Lipinski definition) is 2. The lowest BCUT2D eigenvalue weighted by molar-refractivity contribution is -0.131. The Labute approximate surface area is 82.3 Å². The zero-order chi connectivity index (χ0) is 10.2. The molecule has 1 aliphatic heterocycles. The van der Waals surface area contributed by atoms with E-state index in [1.54, 1.807) is 0 Å². The van der Waals surface area contributed by atoms with Gasteiger partial charge in [0.1, 0.15) is 0 Å². The minimum atomic E-state index is -0.524. The number of nitrogens with one attached hydrogen (secondary N) is 1. The van der Waals surface area contributed by atoms with Crippen LogP contribution in [-0.2, 0) is 6.54 Å². The van der Waals surface area contributed by atoms with E-state index in [4.69, 9.17) is 0 Å². The average molecular weight is 197 g/mol. The summed E-state index contributed by atoms with van der Waals surface area (Å²) in [5.74, 6) is 0.972. The summed E-state index contributed by atoms with van der Waals surface area (Å²) >= 11 is 0. The smallest absolute Gasteiger partial charge is 0.188 e. The van der Waals surface area contributed by atoms with Crippen LogP contribution in [0.2, 0.25) is 0 Å². The van der Waals surface area contributed by atoms with Crippen LogP contribution in [0.25, 0.3) is 0 Å². The van der Waals surface area contributed by atoms with Crippen LogP contribution in [0.15, 0.2) is 0 Å². The van der Waals surface area contributed by atoms with Crippen LogP contribution in [0.3, 0.4) is 0 Å². The summed E-state index contributed by atoms with van der Waals surface area (Å²) in [6, 6.07) is 0. The van der Waals surface area contributed by atoms with Crippen molar-refractivity contribution in [2.24, 2.45) is 5.92 Å². The van der Waals surface area contributed by atoms with Crippen LogP contribution >= 0.6 is 0 Å². The summed E-state index contributed by atoms with van der Waals surface area (Å²) in [7, 11) is 0. The SMILES string of the molecule is CC(C)C1(O)CN(Cc2nn[nH]n2)C1. The molecule has 0 saturated carbocycles. The number of likely N-dealkylation sites (tertiary alicyclic amines) is 1. The zero-order valence-corrected chi connectivity index (χ0v) is 8.43. The highest BCUT2D eigenvalue weighted by molar-refractivity contribution is 4.98. The van der Waals surface area contributed by atoms with Gasteiger partial charge in [-0.3, -0.25) is 4.90 Å². The molecule has 1 aromatic heterocycles. The summed E-state index contributed by atoms with van der Waals surface area (Å²) < 4.78 is 0. The standard InChI is InChI=1S/C8H15N5O/c1-6(2)8(14)4-13(5-8)3-7-9-11-12-10-7/h6,14H,3-5H2,1-2H3,(H,9,10,11,12). The first-order valence-electron chi connectivity index (χ1n) is 4.77. The number of aromatic amines is 1. The maximum absolute atomic E-state index is 9.98. The molecule has 2 N–H and O–H groups in total. The second-order valence-electron chi connectivity index (χ2n) is 4.23. The van der Waals surface area contributed by atoms with Crippen molar-refractivity contribution in [2.45, 2.75) is 26.0 Å². The van der Waals surface area contributed by atoms with Gasteiger partial charge in [0.05, 0.1) is 12.1 Å². The predicted octanol–water partition coefficient (Wildman–Crippen LogP) is -0.598. The summed E-state index contributed by atoms with van der Waals surface area (Å²) in [5, 5.41) is 23.6. The molecule has 0 spiro atoms. The van der Waals surface area contributed by atoms with E-state index in [0.717, 1.165) is 0 Å². The largest absolute Gasteiger partial charge is 0.387 e. The first-order valence-corrected chi connectivity index (χ1v) is 4.77. The van der Waals surface area contributed by atoms with Crippen molar-refractivity contribution in [1.29, 1.82) is 0 Å². The molecule has 6 heteroatoms. The molecule has 0 radical (unpaired) electrons. The van der Waals surface area contributed by atoms with Crippen molar-refractivity contribution in [1.82, 2.24) is 25.5 Å². The molecule has 1 aliphatic rings. The van der Waals surface area contributed by atoms with Crippen LogP contribution in [0.4, 0.5) is 0 Å². The summed E-state index contributed by atoms with van der Waals surface area (Å²) in [5.41, 5.74) is -0.524. The molecule has 6 nitrogen and oxygen atoms in total. The van der Waals surface area contributed by atoms with E-state index in [9.17, 15) is 5.11 Å². The number of rotatable bonds is 3. The molecule has 2 rings (SSSR count). The fourth-order valence-corrected chi connectivity index (χ4v) is 1.65. The normalized spacial score (nSPS) is 21.1. The number of aromatic nitrogens is 4. The Morgan fingerprint density at radius 1 is 1.57 bits per heavy atom. The highest BCUT2D eigenvalue weighted by Crippen LogP contribution is 2.28. The van der Waals surface area contributed by atoms with E-state index in [0.29, 0.717) is 31.4 Å². The number of tetrazole rings is 1. The van der Waals surface area contributed by atoms with Crippen LogP contribution in [0.1, 0.15) is 19.7 Å². The number of nitrogens with zero attached hydrogens (tertiary/aromatic N) is 4. The molecular weight excluding hydrogens is 182 g/mol. The lowest BCUT2D eigenvalue weighted by Crippen LogP contribution is -2.63.